The summed E-state index contributed by atoms with van der Waals surface area (Å²) in [6.45, 7) is 2.49. The summed E-state index contributed by atoms with van der Waals surface area (Å²) in [6, 6.07) is 6.47. The number of halogens is 1. The third kappa shape index (κ3) is 4.03. The van der Waals surface area contributed by atoms with Crippen LogP contribution >= 0.6 is 0 Å². The highest BCUT2D eigenvalue weighted by molar-refractivity contribution is 5.78. The summed E-state index contributed by atoms with van der Waals surface area (Å²) in [7, 11) is 1.85. The first-order valence-electron chi connectivity index (χ1n) is 6.87. The van der Waals surface area contributed by atoms with Crippen LogP contribution in [0.15, 0.2) is 24.3 Å². The van der Waals surface area contributed by atoms with Crippen molar-refractivity contribution in [3.05, 3.63) is 35.6 Å². The number of nitrogens with zero attached hydrogens (tertiary/aromatic N) is 1. The average molecular weight is 264 g/mol. The van der Waals surface area contributed by atoms with Crippen molar-refractivity contribution in [2.24, 2.45) is 5.92 Å². The van der Waals surface area contributed by atoms with Gasteiger partial charge < -0.3 is 10.2 Å². The molecule has 104 valence electrons. The van der Waals surface area contributed by atoms with E-state index in [-0.39, 0.29) is 17.6 Å². The maximum Gasteiger partial charge on any atom is 0.226 e. The van der Waals surface area contributed by atoms with Gasteiger partial charge in [-0.05, 0) is 43.5 Å². The Morgan fingerprint density at radius 2 is 2.16 bits per heavy atom. The van der Waals surface area contributed by atoms with Gasteiger partial charge in [0.2, 0.25) is 5.91 Å². The van der Waals surface area contributed by atoms with Gasteiger partial charge in [0.15, 0.2) is 0 Å². The van der Waals surface area contributed by atoms with Gasteiger partial charge in [0, 0.05) is 20.1 Å². The van der Waals surface area contributed by atoms with Crippen LogP contribution in [0.2, 0.25) is 0 Å². The maximum atomic E-state index is 12.8. The Morgan fingerprint density at radius 3 is 2.79 bits per heavy atom. The van der Waals surface area contributed by atoms with Crippen LogP contribution in [0.5, 0.6) is 0 Å². The van der Waals surface area contributed by atoms with Crippen LogP contribution in [0.4, 0.5) is 4.39 Å². The van der Waals surface area contributed by atoms with Crippen LogP contribution in [0, 0.1) is 11.7 Å². The minimum absolute atomic E-state index is 0.118. The first-order chi connectivity index (χ1) is 9.16. The van der Waals surface area contributed by atoms with Gasteiger partial charge in [-0.15, -0.1) is 0 Å². The Balaban J connectivity index is 1.81. The Hall–Kier alpha value is -1.42. The van der Waals surface area contributed by atoms with E-state index in [0.29, 0.717) is 6.54 Å². The number of hydrogen-bond donors (Lipinski definition) is 1. The highest BCUT2D eigenvalue weighted by atomic mass is 19.1. The second-order valence-electron chi connectivity index (χ2n) is 5.18. The van der Waals surface area contributed by atoms with Crippen molar-refractivity contribution in [2.75, 3.05) is 26.7 Å². The fraction of sp³-hybridized carbons (Fsp3) is 0.533. The Kier molecular flexibility index (Phi) is 4.91. The summed E-state index contributed by atoms with van der Waals surface area (Å²) in [5.74, 6) is 0.114. The zero-order chi connectivity index (χ0) is 13.7. The molecule has 1 saturated heterocycles. The van der Waals surface area contributed by atoms with Crippen LogP contribution in [-0.4, -0.2) is 37.5 Å². The van der Waals surface area contributed by atoms with Crippen molar-refractivity contribution >= 4 is 5.91 Å². The Labute approximate surface area is 113 Å². The van der Waals surface area contributed by atoms with Crippen molar-refractivity contribution in [2.45, 2.75) is 19.3 Å². The van der Waals surface area contributed by atoms with E-state index in [9.17, 15) is 9.18 Å². The summed E-state index contributed by atoms with van der Waals surface area (Å²) in [5, 5.41) is 3.26. The standard InChI is InChI=1S/C15H21FN2O/c1-18(15(19)13-3-2-9-17-11-13)10-8-12-4-6-14(16)7-5-12/h4-7,13,17H,2-3,8-11H2,1H3. The third-order valence-electron chi connectivity index (χ3n) is 3.67. The second-order valence-corrected chi connectivity index (χ2v) is 5.18. The molecule has 1 heterocycles. The highest BCUT2D eigenvalue weighted by Crippen LogP contribution is 2.13. The molecule has 0 saturated carbocycles. The van der Waals surface area contributed by atoms with Gasteiger partial charge in [-0.1, -0.05) is 12.1 Å². The molecular formula is C15H21FN2O. The number of amides is 1. The molecular weight excluding hydrogens is 243 g/mol. The minimum atomic E-state index is -0.221. The van der Waals surface area contributed by atoms with Gasteiger partial charge in [0.05, 0.1) is 5.92 Å². The molecule has 1 unspecified atom stereocenters. The molecule has 1 aliphatic rings. The van der Waals surface area contributed by atoms with Gasteiger partial charge >= 0.3 is 0 Å². The lowest BCUT2D eigenvalue weighted by atomic mass is 9.98. The molecule has 1 aromatic rings. The van der Waals surface area contributed by atoms with Crippen molar-refractivity contribution in [1.29, 1.82) is 0 Å². The molecule has 0 aliphatic carbocycles. The number of rotatable bonds is 4. The number of benzene rings is 1. The molecule has 2 rings (SSSR count). The normalized spacial score (nSPS) is 19.2. The second kappa shape index (κ2) is 6.66. The van der Waals surface area contributed by atoms with Crippen LogP contribution < -0.4 is 5.32 Å². The van der Waals surface area contributed by atoms with Crippen LogP contribution in [-0.2, 0) is 11.2 Å². The van der Waals surface area contributed by atoms with E-state index in [4.69, 9.17) is 0 Å². The molecule has 0 bridgehead atoms. The van der Waals surface area contributed by atoms with Crippen LogP contribution in [0.25, 0.3) is 0 Å². The summed E-state index contributed by atoms with van der Waals surface area (Å²) in [5.41, 5.74) is 1.06. The summed E-state index contributed by atoms with van der Waals surface area (Å²) in [4.78, 5) is 14.0. The van der Waals surface area contributed by atoms with Crippen LogP contribution in [0.1, 0.15) is 18.4 Å². The molecule has 1 amide bonds. The lowest BCUT2D eigenvalue weighted by molar-refractivity contribution is -0.134. The first kappa shape index (κ1) is 14.0. The quantitative estimate of drug-likeness (QED) is 0.900. The average Bonchev–Trinajstić information content (AvgIpc) is 2.46. The monoisotopic (exact) mass is 264 g/mol. The first-order valence-corrected chi connectivity index (χ1v) is 6.87. The summed E-state index contributed by atoms with van der Waals surface area (Å²) < 4.78 is 12.8. The molecule has 1 aromatic carbocycles. The number of piperidine rings is 1. The Morgan fingerprint density at radius 1 is 1.42 bits per heavy atom. The molecule has 19 heavy (non-hydrogen) atoms. The predicted octanol–water partition coefficient (Wildman–Crippen LogP) is 1.83. The zero-order valence-corrected chi connectivity index (χ0v) is 11.4. The van der Waals surface area contributed by atoms with E-state index in [1.165, 1.54) is 12.1 Å². The molecule has 3 nitrogen and oxygen atoms in total. The van der Waals surface area contributed by atoms with Gasteiger partial charge in [0.25, 0.3) is 0 Å². The van der Waals surface area contributed by atoms with Crippen LogP contribution in [0.3, 0.4) is 0 Å². The minimum Gasteiger partial charge on any atom is -0.345 e. The maximum absolute atomic E-state index is 12.8. The lowest BCUT2D eigenvalue weighted by Crippen LogP contribution is -2.42. The topological polar surface area (TPSA) is 32.3 Å². The van der Waals surface area contributed by atoms with Gasteiger partial charge in [-0.2, -0.15) is 0 Å². The number of likely N-dealkylation sites (N-methyl/N-ethyl adjacent to an activating group) is 1. The van der Waals surface area contributed by atoms with E-state index < -0.39 is 0 Å². The molecule has 4 heteroatoms. The molecule has 0 spiro atoms. The predicted molar refractivity (Wildman–Crippen MR) is 73.3 cm³/mol. The third-order valence-corrected chi connectivity index (χ3v) is 3.67. The molecule has 1 aliphatic heterocycles. The van der Waals surface area contributed by atoms with E-state index in [0.717, 1.165) is 37.9 Å². The Bertz CT molecular complexity index is 413. The molecule has 0 radical (unpaired) electrons. The van der Waals surface area contributed by atoms with E-state index in [1.807, 2.05) is 7.05 Å². The fourth-order valence-corrected chi connectivity index (χ4v) is 2.43. The molecule has 1 fully saturated rings. The van der Waals surface area contributed by atoms with Crippen molar-refractivity contribution in [1.82, 2.24) is 10.2 Å². The number of carbonyl (C=O) groups is 1. The largest absolute Gasteiger partial charge is 0.345 e. The van der Waals surface area contributed by atoms with E-state index in [1.54, 1.807) is 17.0 Å². The van der Waals surface area contributed by atoms with E-state index in [2.05, 4.69) is 5.32 Å². The van der Waals surface area contributed by atoms with Gasteiger partial charge in [0.1, 0.15) is 5.82 Å². The van der Waals surface area contributed by atoms with Crippen molar-refractivity contribution in [3.8, 4) is 0 Å². The molecule has 1 atom stereocenters. The number of nitrogens with one attached hydrogen (secondary N) is 1. The summed E-state index contributed by atoms with van der Waals surface area (Å²) in [6.07, 6.45) is 2.82. The number of hydrogen-bond acceptors (Lipinski definition) is 2. The lowest BCUT2D eigenvalue weighted by Gasteiger charge is -2.27. The van der Waals surface area contributed by atoms with Crippen molar-refractivity contribution < 1.29 is 9.18 Å². The highest BCUT2D eigenvalue weighted by Gasteiger charge is 2.23. The van der Waals surface area contributed by atoms with E-state index >= 15 is 0 Å². The fourth-order valence-electron chi connectivity index (χ4n) is 2.43. The van der Waals surface area contributed by atoms with Gasteiger partial charge in [-0.25, -0.2) is 4.39 Å². The van der Waals surface area contributed by atoms with Gasteiger partial charge in [-0.3, -0.25) is 4.79 Å². The molecule has 1 N–H and O–H groups in total. The SMILES string of the molecule is CN(CCc1ccc(F)cc1)C(=O)C1CCCNC1. The summed E-state index contributed by atoms with van der Waals surface area (Å²) >= 11 is 0. The number of carbonyl (C=O) groups excluding carboxylic acids is 1. The van der Waals surface area contributed by atoms with Crippen molar-refractivity contribution in [3.63, 3.8) is 0 Å². The zero-order valence-electron chi connectivity index (χ0n) is 11.4. The molecule has 0 aromatic heterocycles. The smallest absolute Gasteiger partial charge is 0.226 e.